The Morgan fingerprint density at radius 3 is 2.60 bits per heavy atom. The normalized spacial score (nSPS) is 26.4. The fourth-order valence-corrected chi connectivity index (χ4v) is 3.93. The van der Waals surface area contributed by atoms with E-state index in [-0.39, 0.29) is 29.6 Å². The first-order valence-corrected chi connectivity index (χ1v) is 9.73. The van der Waals surface area contributed by atoms with Crippen LogP contribution in [0.4, 0.5) is 0 Å². The Hall–Kier alpha value is -1.84. The lowest BCUT2D eigenvalue weighted by Gasteiger charge is -2.37. The predicted molar refractivity (Wildman–Crippen MR) is 97.1 cm³/mol. The number of piperidine rings is 1. The van der Waals surface area contributed by atoms with Gasteiger partial charge in [0.05, 0.1) is 5.92 Å². The van der Waals surface area contributed by atoms with Gasteiger partial charge in [-0.25, -0.2) is 0 Å². The van der Waals surface area contributed by atoms with Gasteiger partial charge in [-0.05, 0) is 50.5 Å². The summed E-state index contributed by atoms with van der Waals surface area (Å²) in [5, 5.41) is 3.13. The molecule has 0 unspecified atom stereocenters. The fraction of sp³-hybridized carbons (Fsp3) is 0.619. The minimum atomic E-state index is -0.0827. The molecule has 4 nitrogen and oxygen atoms in total. The minimum absolute atomic E-state index is 0.0827. The van der Waals surface area contributed by atoms with Crippen molar-refractivity contribution < 1.29 is 9.59 Å². The maximum Gasteiger partial charge on any atom is 0.225 e. The summed E-state index contributed by atoms with van der Waals surface area (Å²) in [6, 6.07) is 8.52. The van der Waals surface area contributed by atoms with Gasteiger partial charge in [-0.3, -0.25) is 9.59 Å². The largest absolute Gasteiger partial charge is 0.356 e. The molecule has 2 saturated carbocycles. The van der Waals surface area contributed by atoms with Gasteiger partial charge in [0.2, 0.25) is 11.8 Å². The van der Waals surface area contributed by atoms with Crippen LogP contribution in [-0.2, 0) is 9.59 Å². The van der Waals surface area contributed by atoms with E-state index in [1.165, 1.54) is 24.0 Å². The quantitative estimate of drug-likeness (QED) is 0.896. The molecule has 0 bridgehead atoms. The number of nitrogens with zero attached hydrogens (tertiary/aromatic N) is 1. The van der Waals surface area contributed by atoms with Crippen molar-refractivity contribution >= 4 is 11.8 Å². The highest BCUT2D eigenvalue weighted by atomic mass is 16.2. The maximum atomic E-state index is 12.7. The zero-order valence-electron chi connectivity index (χ0n) is 15.0. The van der Waals surface area contributed by atoms with E-state index in [1.54, 1.807) is 0 Å². The van der Waals surface area contributed by atoms with E-state index in [4.69, 9.17) is 0 Å². The lowest BCUT2D eigenvalue weighted by molar-refractivity contribution is -0.137. The molecule has 4 rings (SSSR count). The number of aryl methyl sites for hydroxylation is 1. The molecular formula is C21H28N2O2. The number of hydrogen-bond donors (Lipinski definition) is 1. The summed E-state index contributed by atoms with van der Waals surface area (Å²) in [7, 11) is 0. The molecule has 0 aromatic heterocycles. The van der Waals surface area contributed by atoms with Gasteiger partial charge in [0.25, 0.3) is 0 Å². The molecule has 1 saturated heterocycles. The molecule has 2 aliphatic carbocycles. The molecule has 1 heterocycles. The third-order valence-corrected chi connectivity index (χ3v) is 5.84. The SMILES string of the molecule is Cc1cccc([C@H]2C[C@H](C(=O)NCC3CC3)CN(C(=O)C3CC3)C2)c1. The molecule has 0 spiro atoms. The second-order valence-corrected chi connectivity index (χ2v) is 8.25. The first-order chi connectivity index (χ1) is 12.1. The second-order valence-electron chi connectivity index (χ2n) is 8.25. The van der Waals surface area contributed by atoms with Crippen LogP contribution in [0.3, 0.4) is 0 Å². The van der Waals surface area contributed by atoms with Gasteiger partial charge < -0.3 is 10.2 Å². The second kappa shape index (κ2) is 6.81. The van der Waals surface area contributed by atoms with Crippen LogP contribution in [0, 0.1) is 24.7 Å². The van der Waals surface area contributed by atoms with Crippen molar-refractivity contribution in [2.75, 3.05) is 19.6 Å². The van der Waals surface area contributed by atoms with Crippen LogP contribution >= 0.6 is 0 Å². The zero-order valence-corrected chi connectivity index (χ0v) is 15.0. The van der Waals surface area contributed by atoms with E-state index in [0.29, 0.717) is 12.5 Å². The average Bonchev–Trinajstić information content (AvgIpc) is 3.52. The standard InChI is InChI=1S/C21H28N2O2/c1-14-3-2-4-17(9-14)18-10-19(20(24)22-11-15-5-6-15)13-23(12-18)21(25)16-7-8-16/h2-4,9,15-16,18-19H,5-8,10-13H2,1H3,(H,22,24)/t18-,19-/m0/s1. The number of carbonyl (C=O) groups is 2. The topological polar surface area (TPSA) is 49.4 Å². The van der Waals surface area contributed by atoms with E-state index in [9.17, 15) is 9.59 Å². The molecular weight excluding hydrogens is 312 g/mol. The number of benzene rings is 1. The van der Waals surface area contributed by atoms with Crippen molar-refractivity contribution in [3.63, 3.8) is 0 Å². The van der Waals surface area contributed by atoms with Gasteiger partial charge in [-0.1, -0.05) is 29.8 Å². The number of hydrogen-bond acceptors (Lipinski definition) is 2. The first kappa shape index (κ1) is 16.6. The first-order valence-electron chi connectivity index (χ1n) is 9.73. The van der Waals surface area contributed by atoms with E-state index in [2.05, 4.69) is 36.5 Å². The smallest absolute Gasteiger partial charge is 0.225 e. The molecule has 1 N–H and O–H groups in total. The fourth-order valence-electron chi connectivity index (χ4n) is 3.93. The minimum Gasteiger partial charge on any atom is -0.356 e. The molecule has 25 heavy (non-hydrogen) atoms. The van der Waals surface area contributed by atoms with E-state index < -0.39 is 0 Å². The Morgan fingerprint density at radius 1 is 1.12 bits per heavy atom. The van der Waals surface area contributed by atoms with Crippen LogP contribution in [0.15, 0.2) is 24.3 Å². The Bertz CT molecular complexity index is 664. The number of amides is 2. The van der Waals surface area contributed by atoms with Gasteiger partial charge >= 0.3 is 0 Å². The van der Waals surface area contributed by atoms with Gasteiger partial charge in [-0.15, -0.1) is 0 Å². The Morgan fingerprint density at radius 2 is 1.92 bits per heavy atom. The van der Waals surface area contributed by atoms with Crippen LogP contribution < -0.4 is 5.32 Å². The van der Waals surface area contributed by atoms with Gasteiger partial charge in [0.1, 0.15) is 0 Å². The molecule has 3 aliphatic rings. The summed E-state index contributed by atoms with van der Waals surface area (Å²) in [6.45, 7) is 4.25. The van der Waals surface area contributed by atoms with Crippen LogP contribution in [0.25, 0.3) is 0 Å². The lowest BCUT2D eigenvalue weighted by atomic mass is 9.83. The number of carbonyl (C=O) groups excluding carboxylic acids is 2. The molecule has 1 aromatic rings. The molecule has 4 heteroatoms. The van der Waals surface area contributed by atoms with Crippen molar-refractivity contribution in [3.05, 3.63) is 35.4 Å². The summed E-state index contributed by atoms with van der Waals surface area (Å²) in [4.78, 5) is 27.3. The molecule has 134 valence electrons. The summed E-state index contributed by atoms with van der Waals surface area (Å²) >= 11 is 0. The molecule has 1 aliphatic heterocycles. The molecule has 0 radical (unpaired) electrons. The zero-order chi connectivity index (χ0) is 17.4. The van der Waals surface area contributed by atoms with E-state index >= 15 is 0 Å². The predicted octanol–water partition coefficient (Wildman–Crippen LogP) is 2.86. The van der Waals surface area contributed by atoms with Crippen LogP contribution in [0.5, 0.6) is 0 Å². The van der Waals surface area contributed by atoms with Crippen LogP contribution in [0.2, 0.25) is 0 Å². The molecule has 1 aromatic carbocycles. The summed E-state index contributed by atoms with van der Waals surface area (Å²) in [5.74, 6) is 1.47. The van der Waals surface area contributed by atoms with Crippen molar-refractivity contribution in [2.45, 2.75) is 44.9 Å². The maximum absolute atomic E-state index is 12.7. The lowest BCUT2D eigenvalue weighted by Crippen LogP contribution is -2.48. The van der Waals surface area contributed by atoms with Gasteiger partial charge in [0, 0.05) is 31.5 Å². The van der Waals surface area contributed by atoms with Gasteiger partial charge in [0.15, 0.2) is 0 Å². The molecule has 2 amide bonds. The van der Waals surface area contributed by atoms with Crippen LogP contribution in [-0.4, -0.2) is 36.3 Å². The highest BCUT2D eigenvalue weighted by Crippen LogP contribution is 2.36. The highest BCUT2D eigenvalue weighted by Gasteiger charge is 2.40. The van der Waals surface area contributed by atoms with Crippen molar-refractivity contribution in [1.82, 2.24) is 10.2 Å². The van der Waals surface area contributed by atoms with Crippen LogP contribution in [0.1, 0.15) is 49.1 Å². The number of nitrogens with one attached hydrogen (secondary N) is 1. The molecule has 3 fully saturated rings. The number of rotatable bonds is 5. The monoisotopic (exact) mass is 340 g/mol. The van der Waals surface area contributed by atoms with Crippen molar-refractivity contribution in [1.29, 1.82) is 0 Å². The molecule has 2 atom stereocenters. The van der Waals surface area contributed by atoms with E-state index in [0.717, 1.165) is 32.4 Å². The van der Waals surface area contributed by atoms with E-state index in [1.807, 2.05) is 4.90 Å². The summed E-state index contributed by atoms with van der Waals surface area (Å²) in [6.07, 6.45) is 5.35. The average molecular weight is 340 g/mol. The third-order valence-electron chi connectivity index (χ3n) is 5.84. The third kappa shape index (κ3) is 4.05. The Kier molecular flexibility index (Phi) is 4.53. The van der Waals surface area contributed by atoms with Crippen molar-refractivity contribution in [2.24, 2.45) is 17.8 Å². The highest BCUT2D eigenvalue weighted by molar-refractivity contribution is 5.83. The summed E-state index contributed by atoms with van der Waals surface area (Å²) in [5.41, 5.74) is 2.49. The number of likely N-dealkylation sites (tertiary alicyclic amines) is 1. The Balaban J connectivity index is 1.49. The summed E-state index contributed by atoms with van der Waals surface area (Å²) < 4.78 is 0. The Labute approximate surface area is 150 Å². The van der Waals surface area contributed by atoms with Crippen molar-refractivity contribution in [3.8, 4) is 0 Å². The van der Waals surface area contributed by atoms with Gasteiger partial charge in [-0.2, -0.15) is 0 Å².